The highest BCUT2D eigenvalue weighted by atomic mass is 32.1. The molecule has 2 heterocycles. The van der Waals surface area contributed by atoms with E-state index in [1.807, 2.05) is 34.2 Å². The lowest BCUT2D eigenvalue weighted by atomic mass is 10.2. The summed E-state index contributed by atoms with van der Waals surface area (Å²) >= 11 is 1.62. The number of imidazole rings is 1. The first-order valence-electron chi connectivity index (χ1n) is 7.11. The smallest absolute Gasteiger partial charge is 0.146 e. The summed E-state index contributed by atoms with van der Waals surface area (Å²) < 4.78 is 20.7. The number of ether oxygens (including phenoxy) is 1. The van der Waals surface area contributed by atoms with Gasteiger partial charge in [0.15, 0.2) is 0 Å². The SMILES string of the molecule is COc1ccc2nc(-c3ccsc3)n(-c3ccc(F)cc3)c2c1. The van der Waals surface area contributed by atoms with Gasteiger partial charge in [0.2, 0.25) is 0 Å². The molecule has 5 heteroatoms. The van der Waals surface area contributed by atoms with Gasteiger partial charge in [-0.2, -0.15) is 11.3 Å². The molecular weight excluding hydrogens is 311 g/mol. The molecular formula is C18H13FN2OS. The number of fused-ring (bicyclic) bond motifs is 1. The molecule has 0 unspecified atom stereocenters. The van der Waals surface area contributed by atoms with Gasteiger partial charge in [-0.05, 0) is 47.8 Å². The predicted molar refractivity (Wildman–Crippen MR) is 90.9 cm³/mol. The van der Waals surface area contributed by atoms with E-state index in [9.17, 15) is 4.39 Å². The van der Waals surface area contributed by atoms with E-state index in [2.05, 4.69) is 5.38 Å². The standard InChI is InChI=1S/C18H13FN2OS/c1-22-15-6-7-16-17(10-15)21(14-4-2-13(19)3-5-14)18(20-16)12-8-9-23-11-12/h2-11H,1H3. The third kappa shape index (κ3) is 2.39. The fraction of sp³-hybridized carbons (Fsp3) is 0.0556. The summed E-state index contributed by atoms with van der Waals surface area (Å²) in [4.78, 5) is 4.75. The summed E-state index contributed by atoms with van der Waals surface area (Å²) in [7, 11) is 1.64. The Morgan fingerprint density at radius 1 is 1.09 bits per heavy atom. The molecule has 0 atom stereocenters. The average Bonchev–Trinajstić information content (AvgIpc) is 3.22. The molecule has 0 fully saturated rings. The number of hydrogen-bond acceptors (Lipinski definition) is 3. The Kier molecular flexibility index (Phi) is 3.35. The second-order valence-corrected chi connectivity index (χ2v) is 5.89. The number of aromatic nitrogens is 2. The Morgan fingerprint density at radius 2 is 1.91 bits per heavy atom. The molecule has 0 aliphatic carbocycles. The van der Waals surface area contributed by atoms with Crippen LogP contribution in [0.1, 0.15) is 0 Å². The molecule has 2 aromatic heterocycles. The molecule has 4 rings (SSSR count). The van der Waals surface area contributed by atoms with Crippen LogP contribution in [0, 0.1) is 5.82 Å². The Labute approximate surface area is 136 Å². The summed E-state index contributed by atoms with van der Waals surface area (Å²) in [5.41, 5.74) is 3.70. The summed E-state index contributed by atoms with van der Waals surface area (Å²) in [6.45, 7) is 0. The van der Waals surface area contributed by atoms with Crippen LogP contribution in [0.5, 0.6) is 5.75 Å². The molecule has 0 amide bonds. The minimum atomic E-state index is -0.257. The molecule has 0 N–H and O–H groups in total. The van der Waals surface area contributed by atoms with Gasteiger partial charge >= 0.3 is 0 Å². The maximum absolute atomic E-state index is 13.3. The van der Waals surface area contributed by atoms with Crippen LogP contribution in [0.25, 0.3) is 28.1 Å². The second kappa shape index (κ2) is 5.52. The van der Waals surface area contributed by atoms with Crippen molar-refractivity contribution in [2.45, 2.75) is 0 Å². The summed E-state index contributed by atoms with van der Waals surface area (Å²) in [6, 6.07) is 14.2. The van der Waals surface area contributed by atoms with Crippen LogP contribution in [0.2, 0.25) is 0 Å². The Morgan fingerprint density at radius 3 is 2.61 bits per heavy atom. The topological polar surface area (TPSA) is 27.1 Å². The van der Waals surface area contributed by atoms with Crippen molar-refractivity contribution in [1.82, 2.24) is 9.55 Å². The molecule has 0 bridgehead atoms. The highest BCUT2D eigenvalue weighted by Gasteiger charge is 2.15. The van der Waals surface area contributed by atoms with Crippen molar-refractivity contribution in [3.8, 4) is 22.8 Å². The van der Waals surface area contributed by atoms with E-state index in [-0.39, 0.29) is 5.82 Å². The highest BCUT2D eigenvalue weighted by molar-refractivity contribution is 7.08. The molecule has 0 aliphatic rings. The minimum Gasteiger partial charge on any atom is -0.497 e. The van der Waals surface area contributed by atoms with Crippen molar-refractivity contribution < 1.29 is 9.13 Å². The number of methoxy groups -OCH3 is 1. The zero-order chi connectivity index (χ0) is 15.8. The van der Waals surface area contributed by atoms with E-state index >= 15 is 0 Å². The third-order valence-electron chi connectivity index (χ3n) is 3.73. The largest absolute Gasteiger partial charge is 0.497 e. The predicted octanol–water partition coefficient (Wildman–Crippen LogP) is 4.90. The minimum absolute atomic E-state index is 0.257. The van der Waals surface area contributed by atoms with Gasteiger partial charge in [0, 0.05) is 22.7 Å². The maximum Gasteiger partial charge on any atom is 0.146 e. The van der Waals surface area contributed by atoms with Gasteiger partial charge in [-0.3, -0.25) is 4.57 Å². The fourth-order valence-corrected chi connectivity index (χ4v) is 3.25. The molecule has 0 radical (unpaired) electrons. The molecule has 114 valence electrons. The van der Waals surface area contributed by atoms with Crippen LogP contribution < -0.4 is 4.74 Å². The molecule has 4 aromatic rings. The molecule has 0 aliphatic heterocycles. The molecule has 2 aromatic carbocycles. The lowest BCUT2D eigenvalue weighted by Gasteiger charge is -2.09. The van der Waals surface area contributed by atoms with Crippen molar-refractivity contribution in [3.63, 3.8) is 0 Å². The van der Waals surface area contributed by atoms with Crippen LogP contribution in [-0.2, 0) is 0 Å². The van der Waals surface area contributed by atoms with Gasteiger partial charge in [-0.25, -0.2) is 9.37 Å². The van der Waals surface area contributed by atoms with E-state index < -0.39 is 0 Å². The number of nitrogens with zero attached hydrogens (tertiary/aromatic N) is 2. The van der Waals surface area contributed by atoms with Crippen LogP contribution in [-0.4, -0.2) is 16.7 Å². The van der Waals surface area contributed by atoms with E-state index in [0.29, 0.717) is 0 Å². The van der Waals surface area contributed by atoms with Crippen LogP contribution in [0.4, 0.5) is 4.39 Å². The molecule has 0 saturated carbocycles. The first-order valence-corrected chi connectivity index (χ1v) is 8.05. The van der Waals surface area contributed by atoms with Crippen molar-refractivity contribution in [1.29, 1.82) is 0 Å². The summed E-state index contributed by atoms with van der Waals surface area (Å²) in [6.07, 6.45) is 0. The lowest BCUT2D eigenvalue weighted by Crippen LogP contribution is -1.97. The van der Waals surface area contributed by atoms with Gasteiger partial charge < -0.3 is 4.74 Å². The number of rotatable bonds is 3. The fourth-order valence-electron chi connectivity index (χ4n) is 2.62. The lowest BCUT2D eigenvalue weighted by molar-refractivity contribution is 0.415. The highest BCUT2D eigenvalue weighted by Crippen LogP contribution is 2.31. The summed E-state index contributed by atoms with van der Waals surface area (Å²) in [5.74, 6) is 1.34. The van der Waals surface area contributed by atoms with Crippen molar-refractivity contribution >= 4 is 22.4 Å². The average molecular weight is 324 g/mol. The zero-order valence-electron chi connectivity index (χ0n) is 12.4. The van der Waals surface area contributed by atoms with Crippen LogP contribution >= 0.6 is 11.3 Å². The number of benzene rings is 2. The quantitative estimate of drug-likeness (QED) is 0.536. The first kappa shape index (κ1) is 14.0. The monoisotopic (exact) mass is 324 g/mol. The zero-order valence-corrected chi connectivity index (χ0v) is 13.2. The van der Waals surface area contributed by atoms with Gasteiger partial charge in [0.25, 0.3) is 0 Å². The van der Waals surface area contributed by atoms with Crippen LogP contribution in [0.3, 0.4) is 0 Å². The third-order valence-corrected chi connectivity index (χ3v) is 4.41. The van der Waals surface area contributed by atoms with Crippen molar-refractivity contribution in [2.75, 3.05) is 7.11 Å². The van der Waals surface area contributed by atoms with E-state index in [1.165, 1.54) is 12.1 Å². The van der Waals surface area contributed by atoms with Gasteiger partial charge in [-0.15, -0.1) is 0 Å². The Bertz CT molecular complexity index is 959. The van der Waals surface area contributed by atoms with E-state index in [4.69, 9.17) is 9.72 Å². The molecule has 3 nitrogen and oxygen atoms in total. The Hall–Kier alpha value is -2.66. The maximum atomic E-state index is 13.3. The van der Waals surface area contributed by atoms with Crippen LogP contribution in [0.15, 0.2) is 59.3 Å². The van der Waals surface area contributed by atoms with Crippen molar-refractivity contribution in [2.24, 2.45) is 0 Å². The van der Waals surface area contributed by atoms with Gasteiger partial charge in [-0.1, -0.05) is 0 Å². The molecule has 0 saturated heterocycles. The Balaban J connectivity index is 2.04. The van der Waals surface area contributed by atoms with E-state index in [1.54, 1.807) is 30.6 Å². The van der Waals surface area contributed by atoms with Gasteiger partial charge in [0.05, 0.1) is 18.1 Å². The number of halogens is 1. The molecule has 0 spiro atoms. The second-order valence-electron chi connectivity index (χ2n) is 5.11. The van der Waals surface area contributed by atoms with E-state index in [0.717, 1.165) is 33.9 Å². The summed E-state index contributed by atoms with van der Waals surface area (Å²) in [5, 5.41) is 4.07. The molecule has 23 heavy (non-hydrogen) atoms. The van der Waals surface area contributed by atoms with Gasteiger partial charge in [0.1, 0.15) is 17.4 Å². The van der Waals surface area contributed by atoms with Crippen molar-refractivity contribution in [3.05, 3.63) is 65.1 Å². The first-order chi connectivity index (χ1) is 11.3. The number of thiophene rings is 1. The number of hydrogen-bond donors (Lipinski definition) is 0. The normalized spacial score (nSPS) is 11.0.